The smallest absolute Gasteiger partial charge is 0.258 e. The maximum absolute atomic E-state index is 12.7. The quantitative estimate of drug-likeness (QED) is 0.690. The highest BCUT2D eigenvalue weighted by atomic mass is 16.2. The summed E-state index contributed by atoms with van der Waals surface area (Å²) in [7, 11) is 1.78. The van der Waals surface area contributed by atoms with Crippen molar-refractivity contribution < 1.29 is 4.79 Å². The van der Waals surface area contributed by atoms with Gasteiger partial charge in [-0.25, -0.2) is 4.98 Å². The van der Waals surface area contributed by atoms with Crippen molar-refractivity contribution in [2.24, 2.45) is 0 Å². The number of anilines is 3. The first-order valence-corrected chi connectivity index (χ1v) is 8.32. The average molecular weight is 331 g/mol. The van der Waals surface area contributed by atoms with Crippen LogP contribution >= 0.6 is 0 Å². The minimum atomic E-state index is -0.0412. The molecule has 3 rings (SSSR count). The molecule has 0 saturated heterocycles. The van der Waals surface area contributed by atoms with Gasteiger partial charge in [-0.3, -0.25) is 4.79 Å². The summed E-state index contributed by atoms with van der Waals surface area (Å²) in [6.07, 6.45) is 1.74. The second kappa shape index (κ2) is 7.62. The highest BCUT2D eigenvalue weighted by molar-refractivity contribution is 6.05. The van der Waals surface area contributed by atoms with Crippen LogP contribution in [0, 0.1) is 0 Å². The molecule has 126 valence electrons. The number of hydrogen-bond acceptors (Lipinski definition) is 3. The van der Waals surface area contributed by atoms with E-state index in [-0.39, 0.29) is 5.91 Å². The molecular formula is C21H21N3O. The van der Waals surface area contributed by atoms with Crippen LogP contribution in [0.1, 0.15) is 17.3 Å². The van der Waals surface area contributed by atoms with Crippen molar-refractivity contribution in [3.63, 3.8) is 0 Å². The molecule has 0 unspecified atom stereocenters. The van der Waals surface area contributed by atoms with E-state index in [0.717, 1.165) is 23.7 Å². The third-order valence-electron chi connectivity index (χ3n) is 4.10. The molecule has 4 heteroatoms. The van der Waals surface area contributed by atoms with E-state index in [1.165, 1.54) is 0 Å². The summed E-state index contributed by atoms with van der Waals surface area (Å²) in [6, 6.07) is 23.2. The first-order chi connectivity index (χ1) is 12.2. The highest BCUT2D eigenvalue weighted by Gasteiger charge is 2.15. The molecule has 1 amide bonds. The number of carbonyl (C=O) groups is 1. The van der Waals surface area contributed by atoms with E-state index in [0.29, 0.717) is 5.56 Å². The Morgan fingerprint density at radius 3 is 2.20 bits per heavy atom. The molecule has 0 fully saturated rings. The Balaban J connectivity index is 1.89. The molecule has 2 aromatic carbocycles. The summed E-state index contributed by atoms with van der Waals surface area (Å²) in [6.45, 7) is 2.87. The first-order valence-electron chi connectivity index (χ1n) is 8.32. The van der Waals surface area contributed by atoms with Crippen molar-refractivity contribution in [1.82, 2.24) is 4.98 Å². The summed E-state index contributed by atoms with van der Waals surface area (Å²) < 4.78 is 0. The molecule has 0 atom stereocenters. The zero-order valence-electron chi connectivity index (χ0n) is 14.5. The molecule has 0 radical (unpaired) electrons. The van der Waals surface area contributed by atoms with Crippen LogP contribution in [0.2, 0.25) is 0 Å². The Kier molecular flexibility index (Phi) is 5.09. The molecule has 3 aromatic rings. The summed E-state index contributed by atoms with van der Waals surface area (Å²) in [4.78, 5) is 20.9. The second-order valence-electron chi connectivity index (χ2n) is 5.68. The summed E-state index contributed by atoms with van der Waals surface area (Å²) in [5.41, 5.74) is 2.55. The first kappa shape index (κ1) is 16.7. The lowest BCUT2D eigenvalue weighted by Gasteiger charge is -2.24. The van der Waals surface area contributed by atoms with Crippen LogP contribution in [-0.2, 0) is 0 Å². The number of carbonyl (C=O) groups excluding carboxylic acids is 1. The van der Waals surface area contributed by atoms with Gasteiger partial charge in [0, 0.05) is 42.8 Å². The Morgan fingerprint density at radius 2 is 1.56 bits per heavy atom. The molecule has 0 saturated carbocycles. The SMILES string of the molecule is CCN(c1ccccc1)c1cc(N(C)C(=O)c2ccccc2)ccn1. The minimum Gasteiger partial charge on any atom is -0.327 e. The van der Waals surface area contributed by atoms with Crippen molar-refractivity contribution in [2.45, 2.75) is 6.92 Å². The van der Waals surface area contributed by atoms with Crippen LogP contribution in [0.5, 0.6) is 0 Å². The Labute approximate surface area is 148 Å². The molecule has 0 N–H and O–H groups in total. The molecule has 1 aromatic heterocycles. The van der Waals surface area contributed by atoms with Gasteiger partial charge < -0.3 is 9.80 Å². The van der Waals surface area contributed by atoms with E-state index in [1.54, 1.807) is 18.1 Å². The van der Waals surface area contributed by atoms with Gasteiger partial charge in [0.1, 0.15) is 5.82 Å². The van der Waals surface area contributed by atoms with Crippen LogP contribution in [0.4, 0.5) is 17.2 Å². The summed E-state index contributed by atoms with van der Waals surface area (Å²) in [5, 5.41) is 0. The molecule has 4 nitrogen and oxygen atoms in total. The molecule has 0 aliphatic heterocycles. The van der Waals surface area contributed by atoms with E-state index < -0.39 is 0 Å². The van der Waals surface area contributed by atoms with Crippen molar-refractivity contribution in [1.29, 1.82) is 0 Å². The topological polar surface area (TPSA) is 36.4 Å². The number of rotatable bonds is 5. The Bertz CT molecular complexity index is 834. The predicted octanol–water partition coefficient (Wildman–Crippen LogP) is 4.52. The van der Waals surface area contributed by atoms with Gasteiger partial charge >= 0.3 is 0 Å². The largest absolute Gasteiger partial charge is 0.327 e. The van der Waals surface area contributed by atoms with E-state index in [4.69, 9.17) is 0 Å². The van der Waals surface area contributed by atoms with Gasteiger partial charge in [0.15, 0.2) is 0 Å². The number of pyridine rings is 1. The minimum absolute atomic E-state index is 0.0412. The van der Waals surface area contributed by atoms with Crippen molar-refractivity contribution in [3.8, 4) is 0 Å². The van der Waals surface area contributed by atoms with E-state index in [9.17, 15) is 4.79 Å². The molecule has 0 aliphatic carbocycles. The number of amides is 1. The number of para-hydroxylation sites is 1. The van der Waals surface area contributed by atoms with Gasteiger partial charge in [0.2, 0.25) is 0 Å². The fourth-order valence-electron chi connectivity index (χ4n) is 2.74. The number of hydrogen-bond donors (Lipinski definition) is 0. The standard InChI is InChI=1S/C21H21N3O/c1-3-24(18-12-8-5-9-13-18)20-16-19(14-15-22-20)23(2)21(25)17-10-6-4-7-11-17/h4-16H,3H2,1-2H3. The lowest BCUT2D eigenvalue weighted by atomic mass is 10.2. The molecule has 0 spiro atoms. The van der Waals surface area contributed by atoms with Gasteiger partial charge in [0.25, 0.3) is 5.91 Å². The zero-order valence-corrected chi connectivity index (χ0v) is 14.5. The Morgan fingerprint density at radius 1 is 0.920 bits per heavy atom. The maximum Gasteiger partial charge on any atom is 0.258 e. The fraction of sp³-hybridized carbons (Fsp3) is 0.143. The van der Waals surface area contributed by atoms with Gasteiger partial charge in [0.05, 0.1) is 0 Å². The lowest BCUT2D eigenvalue weighted by Crippen LogP contribution is -2.26. The molecule has 0 aliphatic rings. The zero-order chi connectivity index (χ0) is 17.6. The maximum atomic E-state index is 12.7. The van der Waals surface area contributed by atoms with E-state index >= 15 is 0 Å². The van der Waals surface area contributed by atoms with Gasteiger partial charge in [-0.15, -0.1) is 0 Å². The number of benzene rings is 2. The van der Waals surface area contributed by atoms with Crippen LogP contribution in [-0.4, -0.2) is 24.5 Å². The van der Waals surface area contributed by atoms with Gasteiger partial charge in [-0.1, -0.05) is 36.4 Å². The lowest BCUT2D eigenvalue weighted by molar-refractivity contribution is 0.0993. The average Bonchev–Trinajstić information content (AvgIpc) is 2.69. The van der Waals surface area contributed by atoms with Crippen LogP contribution in [0.15, 0.2) is 79.0 Å². The summed E-state index contributed by atoms with van der Waals surface area (Å²) in [5.74, 6) is 0.777. The predicted molar refractivity (Wildman–Crippen MR) is 103 cm³/mol. The van der Waals surface area contributed by atoms with Crippen molar-refractivity contribution in [2.75, 3.05) is 23.4 Å². The van der Waals surface area contributed by atoms with Gasteiger partial charge in [-0.2, -0.15) is 0 Å². The molecular weight excluding hydrogens is 310 g/mol. The summed E-state index contributed by atoms with van der Waals surface area (Å²) >= 11 is 0. The van der Waals surface area contributed by atoms with Gasteiger partial charge in [-0.05, 0) is 37.3 Å². The van der Waals surface area contributed by atoms with E-state index in [1.807, 2.05) is 60.7 Å². The number of aromatic nitrogens is 1. The highest BCUT2D eigenvalue weighted by Crippen LogP contribution is 2.26. The molecule has 1 heterocycles. The number of nitrogens with zero attached hydrogens (tertiary/aromatic N) is 3. The van der Waals surface area contributed by atoms with Crippen LogP contribution in [0.25, 0.3) is 0 Å². The van der Waals surface area contributed by atoms with Crippen LogP contribution < -0.4 is 9.80 Å². The van der Waals surface area contributed by atoms with Crippen molar-refractivity contribution in [3.05, 3.63) is 84.6 Å². The van der Waals surface area contributed by atoms with Crippen LogP contribution in [0.3, 0.4) is 0 Å². The third-order valence-corrected chi connectivity index (χ3v) is 4.10. The molecule has 25 heavy (non-hydrogen) atoms. The third kappa shape index (κ3) is 3.69. The monoisotopic (exact) mass is 331 g/mol. The van der Waals surface area contributed by atoms with Crippen molar-refractivity contribution >= 4 is 23.1 Å². The normalized spacial score (nSPS) is 10.3. The molecule has 0 bridgehead atoms. The Hall–Kier alpha value is -3.14. The fourth-order valence-corrected chi connectivity index (χ4v) is 2.74. The second-order valence-corrected chi connectivity index (χ2v) is 5.68. The van der Waals surface area contributed by atoms with E-state index in [2.05, 4.69) is 28.9 Å².